The summed E-state index contributed by atoms with van der Waals surface area (Å²) < 4.78 is 2.48. The van der Waals surface area contributed by atoms with Gasteiger partial charge in [0.2, 0.25) is 0 Å². The van der Waals surface area contributed by atoms with Crippen LogP contribution in [0.25, 0.3) is 11.0 Å². The standard InChI is InChI=1S/C16H20ClN3/c17-11-3-8-15-14(9-11)19-16(20(15)13-6-7-13)10-1-4-12(18)5-2-10/h3,8-10,12-13H,1-2,4-7,18H2. The van der Waals surface area contributed by atoms with Crippen LogP contribution in [0.2, 0.25) is 5.02 Å². The normalized spacial score (nSPS) is 27.1. The van der Waals surface area contributed by atoms with Crippen LogP contribution in [0.1, 0.15) is 56.3 Å². The largest absolute Gasteiger partial charge is 0.328 e. The zero-order chi connectivity index (χ0) is 13.7. The van der Waals surface area contributed by atoms with Gasteiger partial charge in [-0.1, -0.05) is 11.6 Å². The first-order chi connectivity index (χ1) is 9.72. The molecule has 4 rings (SSSR count). The summed E-state index contributed by atoms with van der Waals surface area (Å²) >= 11 is 6.11. The first kappa shape index (κ1) is 12.7. The minimum Gasteiger partial charge on any atom is -0.328 e. The molecule has 0 aliphatic heterocycles. The first-order valence-electron chi connectivity index (χ1n) is 7.65. The van der Waals surface area contributed by atoms with E-state index in [0.717, 1.165) is 23.4 Å². The van der Waals surface area contributed by atoms with Crippen LogP contribution in [0.3, 0.4) is 0 Å². The van der Waals surface area contributed by atoms with E-state index in [1.807, 2.05) is 12.1 Å². The molecule has 0 atom stereocenters. The van der Waals surface area contributed by atoms with Gasteiger partial charge in [0.25, 0.3) is 0 Å². The highest BCUT2D eigenvalue weighted by Gasteiger charge is 2.32. The van der Waals surface area contributed by atoms with Gasteiger partial charge in [-0.25, -0.2) is 4.98 Å². The smallest absolute Gasteiger partial charge is 0.113 e. The number of hydrogen-bond acceptors (Lipinski definition) is 2. The van der Waals surface area contributed by atoms with Gasteiger partial charge < -0.3 is 10.3 Å². The van der Waals surface area contributed by atoms with Gasteiger partial charge in [0.15, 0.2) is 0 Å². The van der Waals surface area contributed by atoms with Crippen molar-refractivity contribution in [1.29, 1.82) is 0 Å². The summed E-state index contributed by atoms with van der Waals surface area (Å²) in [5.74, 6) is 1.85. The molecular weight excluding hydrogens is 270 g/mol. The topological polar surface area (TPSA) is 43.8 Å². The minimum atomic E-state index is 0.388. The van der Waals surface area contributed by atoms with Crippen LogP contribution in [-0.4, -0.2) is 15.6 Å². The summed E-state index contributed by atoms with van der Waals surface area (Å²) in [6.45, 7) is 0. The van der Waals surface area contributed by atoms with E-state index in [4.69, 9.17) is 22.3 Å². The number of benzene rings is 1. The minimum absolute atomic E-state index is 0.388. The van der Waals surface area contributed by atoms with Crippen molar-refractivity contribution in [2.24, 2.45) is 5.73 Å². The fraction of sp³-hybridized carbons (Fsp3) is 0.562. The molecule has 106 valence electrons. The molecule has 1 aromatic heterocycles. The maximum atomic E-state index is 6.11. The van der Waals surface area contributed by atoms with E-state index in [2.05, 4.69) is 10.6 Å². The highest BCUT2D eigenvalue weighted by Crippen LogP contribution is 2.43. The van der Waals surface area contributed by atoms with Gasteiger partial charge >= 0.3 is 0 Å². The predicted octanol–water partition coefficient (Wildman–Crippen LogP) is 4.01. The molecule has 2 aliphatic carbocycles. The number of fused-ring (bicyclic) bond motifs is 1. The summed E-state index contributed by atoms with van der Waals surface area (Å²) in [6.07, 6.45) is 7.16. The Morgan fingerprint density at radius 2 is 1.85 bits per heavy atom. The number of imidazole rings is 1. The van der Waals surface area contributed by atoms with Gasteiger partial charge in [-0.05, 0) is 56.7 Å². The Labute approximate surface area is 124 Å². The van der Waals surface area contributed by atoms with E-state index in [-0.39, 0.29) is 0 Å². The van der Waals surface area contributed by atoms with E-state index in [9.17, 15) is 0 Å². The number of aromatic nitrogens is 2. The Morgan fingerprint density at radius 1 is 1.10 bits per heavy atom. The molecule has 0 saturated heterocycles. The Hall–Kier alpha value is -1.06. The lowest BCUT2D eigenvalue weighted by Crippen LogP contribution is -2.26. The Balaban J connectivity index is 1.79. The van der Waals surface area contributed by atoms with E-state index in [0.29, 0.717) is 18.0 Å². The molecular formula is C16H20ClN3. The zero-order valence-electron chi connectivity index (χ0n) is 11.6. The molecule has 0 amide bonds. The van der Waals surface area contributed by atoms with Crippen LogP contribution in [0.15, 0.2) is 18.2 Å². The van der Waals surface area contributed by atoms with Gasteiger partial charge in [-0.3, -0.25) is 0 Å². The maximum absolute atomic E-state index is 6.11. The fourth-order valence-corrected chi connectivity index (χ4v) is 3.64. The number of halogens is 1. The monoisotopic (exact) mass is 289 g/mol. The van der Waals surface area contributed by atoms with Crippen LogP contribution in [-0.2, 0) is 0 Å². The highest BCUT2D eigenvalue weighted by molar-refractivity contribution is 6.31. The predicted molar refractivity (Wildman–Crippen MR) is 82.2 cm³/mol. The second kappa shape index (κ2) is 4.74. The number of rotatable bonds is 2. The molecule has 3 nitrogen and oxygen atoms in total. The van der Waals surface area contributed by atoms with Crippen molar-refractivity contribution < 1.29 is 0 Å². The number of nitrogens with zero attached hydrogens (tertiary/aromatic N) is 2. The van der Waals surface area contributed by atoms with E-state index in [1.165, 1.54) is 37.0 Å². The molecule has 2 N–H and O–H groups in total. The van der Waals surface area contributed by atoms with Crippen molar-refractivity contribution in [2.45, 2.75) is 56.5 Å². The summed E-state index contributed by atoms with van der Waals surface area (Å²) in [6, 6.07) is 7.14. The lowest BCUT2D eigenvalue weighted by Gasteiger charge is -2.26. The van der Waals surface area contributed by atoms with Crippen LogP contribution >= 0.6 is 11.6 Å². The van der Waals surface area contributed by atoms with Crippen LogP contribution in [0.4, 0.5) is 0 Å². The second-order valence-electron chi connectivity index (χ2n) is 6.32. The lowest BCUT2D eigenvalue weighted by molar-refractivity contribution is 0.377. The summed E-state index contributed by atoms with van der Waals surface area (Å²) in [7, 11) is 0. The second-order valence-corrected chi connectivity index (χ2v) is 6.75. The molecule has 2 aromatic rings. The quantitative estimate of drug-likeness (QED) is 0.908. The fourth-order valence-electron chi connectivity index (χ4n) is 3.47. The van der Waals surface area contributed by atoms with Gasteiger partial charge in [0, 0.05) is 23.0 Å². The van der Waals surface area contributed by atoms with Crippen molar-refractivity contribution in [3.05, 3.63) is 29.0 Å². The molecule has 2 saturated carbocycles. The molecule has 20 heavy (non-hydrogen) atoms. The van der Waals surface area contributed by atoms with E-state index >= 15 is 0 Å². The van der Waals surface area contributed by atoms with Crippen LogP contribution < -0.4 is 5.73 Å². The molecule has 0 spiro atoms. The van der Waals surface area contributed by atoms with E-state index < -0.39 is 0 Å². The number of nitrogens with two attached hydrogens (primary N) is 1. The Kier molecular flexibility index (Phi) is 3.00. The molecule has 1 aromatic carbocycles. The Bertz CT molecular complexity index is 636. The molecule has 2 aliphatic rings. The zero-order valence-corrected chi connectivity index (χ0v) is 12.3. The van der Waals surface area contributed by atoms with Crippen molar-refractivity contribution in [3.8, 4) is 0 Å². The molecule has 0 bridgehead atoms. The average molecular weight is 290 g/mol. The first-order valence-corrected chi connectivity index (χ1v) is 8.03. The number of hydrogen-bond donors (Lipinski definition) is 1. The van der Waals surface area contributed by atoms with Gasteiger partial charge in [-0.15, -0.1) is 0 Å². The summed E-state index contributed by atoms with van der Waals surface area (Å²) in [5, 5.41) is 0.773. The van der Waals surface area contributed by atoms with Crippen molar-refractivity contribution >= 4 is 22.6 Å². The van der Waals surface area contributed by atoms with Gasteiger partial charge in [0.1, 0.15) is 5.82 Å². The summed E-state index contributed by atoms with van der Waals surface area (Å²) in [4.78, 5) is 4.92. The maximum Gasteiger partial charge on any atom is 0.113 e. The molecule has 0 unspecified atom stereocenters. The molecule has 0 radical (unpaired) electrons. The van der Waals surface area contributed by atoms with E-state index in [1.54, 1.807) is 0 Å². The summed E-state index contributed by atoms with van der Waals surface area (Å²) in [5.41, 5.74) is 8.34. The molecule has 1 heterocycles. The average Bonchev–Trinajstić information content (AvgIpc) is 3.20. The van der Waals surface area contributed by atoms with Crippen LogP contribution in [0.5, 0.6) is 0 Å². The van der Waals surface area contributed by atoms with Crippen molar-refractivity contribution in [3.63, 3.8) is 0 Å². The third kappa shape index (κ3) is 2.13. The van der Waals surface area contributed by atoms with Crippen molar-refractivity contribution in [1.82, 2.24) is 9.55 Å². The SMILES string of the molecule is NC1CCC(c2nc3cc(Cl)ccc3n2C2CC2)CC1. The van der Waals surface area contributed by atoms with Gasteiger partial charge in [0.05, 0.1) is 11.0 Å². The van der Waals surface area contributed by atoms with Gasteiger partial charge in [-0.2, -0.15) is 0 Å². The molecule has 4 heteroatoms. The Morgan fingerprint density at radius 3 is 2.55 bits per heavy atom. The third-order valence-corrected chi connectivity index (χ3v) is 4.96. The third-order valence-electron chi connectivity index (χ3n) is 4.73. The van der Waals surface area contributed by atoms with Crippen LogP contribution in [0, 0.1) is 0 Å². The lowest BCUT2D eigenvalue weighted by atomic mass is 9.86. The molecule has 2 fully saturated rings. The van der Waals surface area contributed by atoms with Crippen molar-refractivity contribution in [2.75, 3.05) is 0 Å². The highest BCUT2D eigenvalue weighted by atomic mass is 35.5.